The standard InChI is InChI=1S/C24H20N2OSi/c1-28(2,17-8-4-3-5-9-17)18-13-14-22(26-16-18)21-11-6-10-19-20-12-7-15-25-24(20)27-23(19)21/h3-16H,1-2H3. The Balaban J connectivity index is 1.60. The molecule has 136 valence electrons. The summed E-state index contributed by atoms with van der Waals surface area (Å²) in [6.45, 7) is 4.73. The van der Waals surface area contributed by atoms with E-state index in [1.807, 2.05) is 18.3 Å². The lowest BCUT2D eigenvalue weighted by atomic mass is 10.1. The molecule has 0 saturated heterocycles. The van der Waals surface area contributed by atoms with Crippen LogP contribution in [-0.4, -0.2) is 18.0 Å². The summed E-state index contributed by atoms with van der Waals surface area (Å²) in [5.41, 5.74) is 3.43. The first kappa shape index (κ1) is 16.9. The Morgan fingerprint density at radius 3 is 2.32 bits per heavy atom. The SMILES string of the molecule is C[Si](C)(c1ccccc1)c1ccc(-c2cccc3c2oc2ncccc23)nc1. The molecular weight excluding hydrogens is 360 g/mol. The fourth-order valence-electron chi connectivity index (χ4n) is 3.78. The average molecular weight is 381 g/mol. The number of fused-ring (bicyclic) bond motifs is 3. The molecule has 3 heterocycles. The highest BCUT2D eigenvalue weighted by Gasteiger charge is 2.26. The number of hydrogen-bond acceptors (Lipinski definition) is 3. The van der Waals surface area contributed by atoms with Crippen molar-refractivity contribution in [2.45, 2.75) is 13.1 Å². The van der Waals surface area contributed by atoms with Gasteiger partial charge in [-0.2, -0.15) is 0 Å². The van der Waals surface area contributed by atoms with Crippen LogP contribution in [0.3, 0.4) is 0 Å². The second kappa shape index (κ2) is 6.43. The highest BCUT2D eigenvalue weighted by Crippen LogP contribution is 2.33. The minimum atomic E-state index is -1.76. The molecule has 0 fully saturated rings. The molecular formula is C24H20N2OSi. The van der Waals surface area contributed by atoms with E-state index in [0.29, 0.717) is 5.71 Å². The zero-order valence-corrected chi connectivity index (χ0v) is 16.9. The van der Waals surface area contributed by atoms with Gasteiger partial charge in [-0.3, -0.25) is 4.98 Å². The molecule has 0 aliphatic rings. The van der Waals surface area contributed by atoms with E-state index < -0.39 is 8.07 Å². The van der Waals surface area contributed by atoms with E-state index in [1.54, 1.807) is 6.20 Å². The molecule has 3 aromatic heterocycles. The van der Waals surface area contributed by atoms with Crippen LogP contribution in [0.1, 0.15) is 0 Å². The van der Waals surface area contributed by atoms with Gasteiger partial charge in [-0.25, -0.2) is 4.98 Å². The van der Waals surface area contributed by atoms with Crippen LogP contribution in [0.4, 0.5) is 0 Å². The van der Waals surface area contributed by atoms with Gasteiger partial charge in [0.15, 0.2) is 0 Å². The van der Waals surface area contributed by atoms with E-state index in [-0.39, 0.29) is 0 Å². The van der Waals surface area contributed by atoms with Gasteiger partial charge in [-0.1, -0.05) is 66.8 Å². The van der Waals surface area contributed by atoms with Crippen LogP contribution < -0.4 is 10.4 Å². The highest BCUT2D eigenvalue weighted by atomic mass is 28.3. The topological polar surface area (TPSA) is 38.9 Å². The predicted molar refractivity (Wildman–Crippen MR) is 118 cm³/mol. The molecule has 0 radical (unpaired) electrons. The molecule has 0 aliphatic carbocycles. The Kier molecular flexibility index (Phi) is 3.88. The first-order valence-corrected chi connectivity index (χ1v) is 12.4. The largest absolute Gasteiger partial charge is 0.437 e. The summed E-state index contributed by atoms with van der Waals surface area (Å²) >= 11 is 0. The number of rotatable bonds is 3. The summed E-state index contributed by atoms with van der Waals surface area (Å²) in [6.07, 6.45) is 3.79. The number of para-hydroxylation sites is 1. The third-order valence-electron chi connectivity index (χ3n) is 5.53. The van der Waals surface area contributed by atoms with E-state index in [2.05, 4.69) is 78.7 Å². The van der Waals surface area contributed by atoms with Crippen molar-refractivity contribution in [1.29, 1.82) is 0 Å². The maximum atomic E-state index is 6.06. The molecule has 0 aliphatic heterocycles. The van der Waals surface area contributed by atoms with Gasteiger partial charge in [0.2, 0.25) is 5.71 Å². The number of furan rings is 1. The number of pyridine rings is 2. The Hall–Kier alpha value is -3.24. The molecule has 28 heavy (non-hydrogen) atoms. The average Bonchev–Trinajstić information content (AvgIpc) is 3.13. The molecule has 2 aromatic carbocycles. The van der Waals surface area contributed by atoms with Crippen LogP contribution in [0.5, 0.6) is 0 Å². The van der Waals surface area contributed by atoms with Crippen LogP contribution >= 0.6 is 0 Å². The van der Waals surface area contributed by atoms with Gasteiger partial charge < -0.3 is 4.42 Å². The van der Waals surface area contributed by atoms with E-state index in [0.717, 1.165) is 27.6 Å². The molecule has 0 amide bonds. The molecule has 0 N–H and O–H groups in total. The van der Waals surface area contributed by atoms with Crippen LogP contribution in [-0.2, 0) is 0 Å². The summed E-state index contributed by atoms with van der Waals surface area (Å²) in [7, 11) is -1.76. The molecule has 5 aromatic rings. The van der Waals surface area contributed by atoms with Gasteiger partial charge in [0.05, 0.1) is 5.69 Å². The lowest BCUT2D eigenvalue weighted by Gasteiger charge is -2.23. The zero-order valence-electron chi connectivity index (χ0n) is 15.9. The highest BCUT2D eigenvalue weighted by molar-refractivity contribution is 7.00. The molecule has 5 rings (SSSR count). The van der Waals surface area contributed by atoms with Crippen molar-refractivity contribution in [3.8, 4) is 11.3 Å². The van der Waals surface area contributed by atoms with E-state index in [9.17, 15) is 0 Å². The molecule has 0 bridgehead atoms. The molecule has 0 saturated carbocycles. The van der Waals surface area contributed by atoms with Gasteiger partial charge >= 0.3 is 0 Å². The third-order valence-corrected chi connectivity index (χ3v) is 9.05. The van der Waals surface area contributed by atoms with Crippen molar-refractivity contribution in [3.63, 3.8) is 0 Å². The third kappa shape index (κ3) is 2.65. The Labute approximate surface area is 164 Å². The molecule has 3 nitrogen and oxygen atoms in total. The van der Waals surface area contributed by atoms with Crippen LogP contribution in [0.25, 0.3) is 33.3 Å². The normalized spacial score (nSPS) is 11.9. The van der Waals surface area contributed by atoms with Crippen molar-refractivity contribution >= 4 is 40.5 Å². The van der Waals surface area contributed by atoms with E-state index >= 15 is 0 Å². The number of aromatic nitrogens is 2. The molecule has 4 heteroatoms. The quantitative estimate of drug-likeness (QED) is 0.419. The summed E-state index contributed by atoms with van der Waals surface area (Å²) in [6, 6.07) is 25.3. The molecule has 0 spiro atoms. The summed E-state index contributed by atoms with van der Waals surface area (Å²) in [4.78, 5) is 9.17. The maximum absolute atomic E-state index is 6.06. The van der Waals surface area contributed by atoms with Gasteiger partial charge in [0, 0.05) is 28.7 Å². The summed E-state index contributed by atoms with van der Waals surface area (Å²) < 4.78 is 6.06. The van der Waals surface area contributed by atoms with Gasteiger partial charge in [0.25, 0.3) is 0 Å². The molecule has 0 unspecified atom stereocenters. The summed E-state index contributed by atoms with van der Waals surface area (Å²) in [5, 5.41) is 4.84. The Morgan fingerprint density at radius 1 is 0.714 bits per heavy atom. The van der Waals surface area contributed by atoms with Crippen molar-refractivity contribution in [2.24, 2.45) is 0 Å². The van der Waals surface area contributed by atoms with Gasteiger partial charge in [-0.05, 0) is 29.5 Å². The minimum Gasteiger partial charge on any atom is -0.437 e. The first-order chi connectivity index (χ1) is 13.6. The lowest BCUT2D eigenvalue weighted by molar-refractivity contribution is 0.655. The molecule has 0 atom stereocenters. The second-order valence-corrected chi connectivity index (χ2v) is 12.0. The Bertz CT molecular complexity index is 1270. The number of benzene rings is 2. The van der Waals surface area contributed by atoms with Crippen molar-refractivity contribution < 1.29 is 4.42 Å². The first-order valence-electron chi connectivity index (χ1n) is 9.43. The van der Waals surface area contributed by atoms with Crippen LogP contribution in [0.2, 0.25) is 13.1 Å². The van der Waals surface area contributed by atoms with Gasteiger partial charge in [-0.15, -0.1) is 0 Å². The van der Waals surface area contributed by atoms with Crippen molar-refractivity contribution in [3.05, 3.63) is 85.2 Å². The van der Waals surface area contributed by atoms with Crippen LogP contribution in [0, 0.1) is 0 Å². The predicted octanol–water partition coefficient (Wildman–Crippen LogP) is 4.87. The van der Waals surface area contributed by atoms with Gasteiger partial charge in [0.1, 0.15) is 13.7 Å². The summed E-state index contributed by atoms with van der Waals surface area (Å²) in [5.74, 6) is 0. The number of nitrogens with zero attached hydrogens (tertiary/aromatic N) is 2. The van der Waals surface area contributed by atoms with Crippen LogP contribution in [0.15, 0.2) is 89.6 Å². The maximum Gasteiger partial charge on any atom is 0.227 e. The Morgan fingerprint density at radius 2 is 1.54 bits per heavy atom. The van der Waals surface area contributed by atoms with E-state index in [4.69, 9.17) is 9.40 Å². The second-order valence-electron chi connectivity index (χ2n) is 7.56. The van der Waals surface area contributed by atoms with Crippen molar-refractivity contribution in [1.82, 2.24) is 9.97 Å². The minimum absolute atomic E-state index is 0.666. The van der Waals surface area contributed by atoms with Crippen molar-refractivity contribution in [2.75, 3.05) is 0 Å². The smallest absolute Gasteiger partial charge is 0.227 e. The number of hydrogen-bond donors (Lipinski definition) is 0. The lowest BCUT2D eigenvalue weighted by Crippen LogP contribution is -2.52. The monoisotopic (exact) mass is 380 g/mol. The fraction of sp³-hybridized carbons (Fsp3) is 0.0833. The van der Waals surface area contributed by atoms with E-state index in [1.165, 1.54) is 10.4 Å². The zero-order chi connectivity index (χ0) is 19.1. The fourth-order valence-corrected chi connectivity index (χ4v) is 6.03.